The number of hydrogen-bond donors (Lipinski definition) is 1. The van der Waals surface area contributed by atoms with Gasteiger partial charge in [0.25, 0.3) is 0 Å². The zero-order valence-electron chi connectivity index (χ0n) is 12.6. The van der Waals surface area contributed by atoms with Crippen LogP contribution in [0.4, 0.5) is 0 Å². The molecule has 0 aliphatic heterocycles. The fourth-order valence-electron chi connectivity index (χ4n) is 2.48. The van der Waals surface area contributed by atoms with Gasteiger partial charge in [-0.05, 0) is 38.4 Å². The molecule has 0 spiro atoms. The minimum Gasteiger partial charge on any atom is -0.305 e. The highest BCUT2D eigenvalue weighted by Gasteiger charge is 2.18. The van der Waals surface area contributed by atoms with E-state index >= 15 is 0 Å². The summed E-state index contributed by atoms with van der Waals surface area (Å²) in [6.07, 6.45) is 2.69. The van der Waals surface area contributed by atoms with Crippen molar-refractivity contribution in [2.24, 2.45) is 0 Å². The molecule has 2 nitrogen and oxygen atoms in total. The Morgan fingerprint density at radius 2 is 1.76 bits per heavy atom. The van der Waals surface area contributed by atoms with Crippen LogP contribution in [0.2, 0.25) is 10.0 Å². The molecule has 4 heteroatoms. The van der Waals surface area contributed by atoms with Gasteiger partial charge in [-0.1, -0.05) is 59.5 Å². The van der Waals surface area contributed by atoms with E-state index in [2.05, 4.69) is 49.3 Å². The Hall–Kier alpha value is -1.09. The molecule has 21 heavy (non-hydrogen) atoms. The lowest BCUT2D eigenvalue weighted by atomic mass is 9.98. The monoisotopic (exact) mass is 322 g/mol. The zero-order chi connectivity index (χ0) is 15.4. The van der Waals surface area contributed by atoms with Crippen molar-refractivity contribution in [2.45, 2.75) is 33.2 Å². The minimum atomic E-state index is -0.0201. The molecular weight excluding hydrogens is 303 g/mol. The lowest BCUT2D eigenvalue weighted by Crippen LogP contribution is -2.24. The normalized spacial score (nSPS) is 12.4. The van der Waals surface area contributed by atoms with Gasteiger partial charge in [-0.25, -0.2) is 0 Å². The van der Waals surface area contributed by atoms with Gasteiger partial charge in [-0.2, -0.15) is 0 Å². The van der Waals surface area contributed by atoms with Crippen LogP contribution in [0.25, 0.3) is 0 Å². The van der Waals surface area contributed by atoms with Crippen LogP contribution in [0.3, 0.4) is 0 Å². The summed E-state index contributed by atoms with van der Waals surface area (Å²) < 4.78 is 0. The third kappa shape index (κ3) is 4.19. The van der Waals surface area contributed by atoms with Gasteiger partial charge in [0.1, 0.15) is 0 Å². The van der Waals surface area contributed by atoms with E-state index in [1.807, 2.05) is 0 Å². The molecule has 0 bridgehead atoms. The molecule has 1 aromatic heterocycles. The maximum absolute atomic E-state index is 6.35. The first-order chi connectivity index (χ1) is 10.0. The summed E-state index contributed by atoms with van der Waals surface area (Å²) in [5.74, 6) is 0. The Bertz CT molecular complexity index is 606. The Balaban J connectivity index is 2.46. The van der Waals surface area contributed by atoms with Gasteiger partial charge in [0.2, 0.25) is 0 Å². The van der Waals surface area contributed by atoms with Crippen molar-refractivity contribution in [3.05, 3.63) is 62.9 Å². The highest BCUT2D eigenvalue weighted by atomic mass is 35.5. The van der Waals surface area contributed by atoms with Crippen LogP contribution in [0.5, 0.6) is 0 Å². The lowest BCUT2D eigenvalue weighted by Gasteiger charge is -2.21. The van der Waals surface area contributed by atoms with Crippen molar-refractivity contribution >= 4 is 23.2 Å². The SMILES string of the molecule is CCCNC(c1cc(C)cc(C)c1)c1ncc(Cl)cc1Cl. The van der Waals surface area contributed by atoms with E-state index < -0.39 is 0 Å². The van der Waals surface area contributed by atoms with Crippen molar-refractivity contribution in [1.29, 1.82) is 0 Å². The molecule has 0 amide bonds. The van der Waals surface area contributed by atoms with Gasteiger partial charge in [0, 0.05) is 6.20 Å². The first kappa shape index (κ1) is 16.3. The van der Waals surface area contributed by atoms with Crippen LogP contribution >= 0.6 is 23.2 Å². The Morgan fingerprint density at radius 3 is 2.33 bits per heavy atom. The Labute approximate surface area is 136 Å². The molecule has 1 N–H and O–H groups in total. The van der Waals surface area contributed by atoms with Gasteiger partial charge in [0.15, 0.2) is 0 Å². The van der Waals surface area contributed by atoms with E-state index in [9.17, 15) is 0 Å². The summed E-state index contributed by atoms with van der Waals surface area (Å²) in [5, 5.41) is 4.67. The van der Waals surface area contributed by atoms with Crippen LogP contribution in [-0.2, 0) is 0 Å². The number of nitrogens with zero attached hydrogens (tertiary/aromatic N) is 1. The van der Waals surface area contributed by atoms with E-state index in [1.54, 1.807) is 12.3 Å². The second-order valence-electron chi connectivity index (χ2n) is 5.33. The summed E-state index contributed by atoms with van der Waals surface area (Å²) in [7, 11) is 0. The highest BCUT2D eigenvalue weighted by Crippen LogP contribution is 2.29. The third-order valence-corrected chi connectivity index (χ3v) is 3.79. The summed E-state index contributed by atoms with van der Waals surface area (Å²) in [6, 6.07) is 8.24. The maximum atomic E-state index is 6.35. The Morgan fingerprint density at radius 1 is 1.10 bits per heavy atom. The smallest absolute Gasteiger partial charge is 0.0805 e. The number of hydrogen-bond acceptors (Lipinski definition) is 2. The molecule has 0 aliphatic rings. The number of nitrogens with one attached hydrogen (secondary N) is 1. The molecule has 0 saturated carbocycles. The van der Waals surface area contributed by atoms with Crippen LogP contribution in [0.15, 0.2) is 30.5 Å². The van der Waals surface area contributed by atoms with Crippen molar-refractivity contribution < 1.29 is 0 Å². The fraction of sp³-hybridized carbons (Fsp3) is 0.353. The molecule has 1 aromatic carbocycles. The summed E-state index contributed by atoms with van der Waals surface area (Å²) in [4.78, 5) is 4.44. The van der Waals surface area contributed by atoms with Crippen LogP contribution < -0.4 is 5.32 Å². The number of pyridine rings is 1. The van der Waals surface area contributed by atoms with Gasteiger partial charge in [0.05, 0.1) is 21.8 Å². The second-order valence-corrected chi connectivity index (χ2v) is 6.17. The largest absolute Gasteiger partial charge is 0.305 e. The molecule has 1 atom stereocenters. The molecule has 2 aromatic rings. The van der Waals surface area contributed by atoms with E-state index in [1.165, 1.54) is 16.7 Å². The summed E-state index contributed by atoms with van der Waals surface area (Å²) >= 11 is 12.3. The molecule has 0 radical (unpaired) electrons. The quantitative estimate of drug-likeness (QED) is 0.828. The lowest BCUT2D eigenvalue weighted by molar-refractivity contribution is 0.586. The first-order valence-corrected chi connectivity index (χ1v) is 7.89. The van der Waals surface area contributed by atoms with Crippen molar-refractivity contribution in [3.63, 3.8) is 0 Å². The molecular formula is C17H20Cl2N2. The molecule has 0 aliphatic carbocycles. The van der Waals surface area contributed by atoms with Gasteiger partial charge < -0.3 is 5.32 Å². The average Bonchev–Trinajstić information content (AvgIpc) is 2.40. The number of benzene rings is 1. The standard InChI is InChI=1S/C17H20Cl2N2/c1-4-5-20-16(13-7-11(2)6-12(3)8-13)17-15(19)9-14(18)10-21-17/h6-10,16,20H,4-5H2,1-3H3. The van der Waals surface area contributed by atoms with Gasteiger partial charge >= 0.3 is 0 Å². The van der Waals surface area contributed by atoms with E-state index in [0.717, 1.165) is 18.7 Å². The predicted molar refractivity (Wildman–Crippen MR) is 90.3 cm³/mol. The Kier molecular flexibility index (Phi) is 5.63. The number of rotatable bonds is 5. The molecule has 0 saturated heterocycles. The third-order valence-electron chi connectivity index (χ3n) is 3.29. The maximum Gasteiger partial charge on any atom is 0.0805 e. The molecule has 112 valence electrons. The second kappa shape index (κ2) is 7.26. The first-order valence-electron chi connectivity index (χ1n) is 7.13. The van der Waals surface area contributed by atoms with E-state index in [4.69, 9.17) is 23.2 Å². The summed E-state index contributed by atoms with van der Waals surface area (Å²) in [5.41, 5.74) is 4.47. The average molecular weight is 323 g/mol. The predicted octanol–water partition coefficient (Wildman–Crippen LogP) is 5.09. The molecule has 1 heterocycles. The van der Waals surface area contributed by atoms with Crippen molar-refractivity contribution in [2.75, 3.05) is 6.54 Å². The number of aryl methyl sites for hydroxylation is 2. The summed E-state index contributed by atoms with van der Waals surface area (Å²) in [6.45, 7) is 7.25. The molecule has 0 fully saturated rings. The van der Waals surface area contributed by atoms with E-state index in [-0.39, 0.29) is 6.04 Å². The van der Waals surface area contributed by atoms with Crippen molar-refractivity contribution in [1.82, 2.24) is 10.3 Å². The zero-order valence-corrected chi connectivity index (χ0v) is 14.1. The van der Waals surface area contributed by atoms with Crippen LogP contribution in [0.1, 0.15) is 41.8 Å². The highest BCUT2D eigenvalue weighted by molar-refractivity contribution is 6.34. The molecule has 1 unspecified atom stereocenters. The van der Waals surface area contributed by atoms with Crippen molar-refractivity contribution in [3.8, 4) is 0 Å². The number of halogens is 2. The van der Waals surface area contributed by atoms with Gasteiger partial charge in [-0.3, -0.25) is 4.98 Å². The van der Waals surface area contributed by atoms with Crippen LogP contribution in [-0.4, -0.2) is 11.5 Å². The number of aromatic nitrogens is 1. The van der Waals surface area contributed by atoms with Gasteiger partial charge in [-0.15, -0.1) is 0 Å². The minimum absolute atomic E-state index is 0.0201. The molecule has 2 rings (SSSR count). The fourth-order valence-corrected chi connectivity index (χ4v) is 2.96. The van der Waals surface area contributed by atoms with E-state index in [0.29, 0.717) is 10.0 Å². The topological polar surface area (TPSA) is 24.9 Å². The van der Waals surface area contributed by atoms with Crippen LogP contribution in [0, 0.1) is 13.8 Å².